The molecule has 3 N–H and O–H groups in total. The molecule has 136 valence electrons. The van der Waals surface area contributed by atoms with Crippen molar-refractivity contribution < 1.29 is 19.4 Å². The summed E-state index contributed by atoms with van der Waals surface area (Å²) >= 11 is 0. The molecule has 1 aliphatic heterocycles. The Morgan fingerprint density at radius 1 is 1.33 bits per heavy atom. The van der Waals surface area contributed by atoms with Gasteiger partial charge in [0, 0.05) is 18.7 Å². The lowest BCUT2D eigenvalue weighted by atomic mass is 9.85. The van der Waals surface area contributed by atoms with Crippen molar-refractivity contribution in [1.29, 1.82) is 0 Å². The molecule has 1 saturated heterocycles. The molecule has 1 heterocycles. The Labute approximate surface area is 143 Å². The average Bonchev–Trinajstić information content (AvgIpc) is 3.23. The smallest absolute Gasteiger partial charge is 0.317 e. The van der Waals surface area contributed by atoms with Gasteiger partial charge in [0.1, 0.15) is 0 Å². The molecular formula is C17H29N3O4. The summed E-state index contributed by atoms with van der Waals surface area (Å²) in [6.45, 7) is 5.55. The molecule has 2 atom stereocenters. The highest BCUT2D eigenvalue weighted by atomic mass is 16.5. The first-order valence-corrected chi connectivity index (χ1v) is 9.07. The van der Waals surface area contributed by atoms with Gasteiger partial charge in [0.05, 0.1) is 18.2 Å². The van der Waals surface area contributed by atoms with Crippen molar-refractivity contribution in [2.24, 2.45) is 5.92 Å². The number of carbonyl (C=O) groups excluding carboxylic acids is 1. The minimum atomic E-state index is -0.800. The molecule has 2 aliphatic carbocycles. The number of rotatable bonds is 7. The monoisotopic (exact) mass is 339 g/mol. The topological polar surface area (TPSA) is 90.9 Å². The normalized spacial score (nSPS) is 35.5. The third kappa shape index (κ3) is 3.83. The zero-order chi connectivity index (χ0) is 17.3. The van der Waals surface area contributed by atoms with Gasteiger partial charge in [-0.3, -0.25) is 9.69 Å². The first-order valence-electron chi connectivity index (χ1n) is 9.07. The molecule has 0 aromatic heterocycles. The number of ether oxygens (including phenoxy) is 1. The second-order valence-electron chi connectivity index (χ2n) is 7.67. The number of urea groups is 1. The average molecular weight is 339 g/mol. The van der Waals surface area contributed by atoms with E-state index in [0.29, 0.717) is 19.1 Å². The van der Waals surface area contributed by atoms with Crippen LogP contribution in [0.3, 0.4) is 0 Å². The molecule has 3 aliphatic rings. The lowest BCUT2D eigenvalue weighted by Gasteiger charge is -2.42. The summed E-state index contributed by atoms with van der Waals surface area (Å²) in [7, 11) is 0. The Bertz CT molecular complexity index is 490. The lowest BCUT2D eigenvalue weighted by molar-refractivity contribution is -0.139. The maximum atomic E-state index is 12.3. The quantitative estimate of drug-likeness (QED) is 0.648. The van der Waals surface area contributed by atoms with Crippen LogP contribution in [0.25, 0.3) is 0 Å². The van der Waals surface area contributed by atoms with Crippen LogP contribution in [0.5, 0.6) is 0 Å². The Kier molecular flexibility index (Phi) is 5.01. The van der Waals surface area contributed by atoms with Gasteiger partial charge < -0.3 is 20.5 Å². The maximum absolute atomic E-state index is 12.3. The number of hydrogen-bond donors (Lipinski definition) is 3. The molecule has 2 saturated carbocycles. The number of carbonyl (C=O) groups is 2. The molecule has 0 spiro atoms. The van der Waals surface area contributed by atoms with Crippen LogP contribution in [0, 0.1) is 5.92 Å². The van der Waals surface area contributed by atoms with Crippen LogP contribution >= 0.6 is 0 Å². The molecule has 0 radical (unpaired) electrons. The summed E-state index contributed by atoms with van der Waals surface area (Å²) < 4.78 is 5.83. The molecule has 0 bridgehead atoms. The molecule has 3 fully saturated rings. The van der Waals surface area contributed by atoms with Crippen LogP contribution in [0.4, 0.5) is 4.79 Å². The highest BCUT2D eigenvalue weighted by Crippen LogP contribution is 2.43. The zero-order valence-corrected chi connectivity index (χ0v) is 14.6. The number of carboxylic acid groups (broad SMARTS) is 1. The fraction of sp³-hybridized carbons (Fsp3) is 0.882. The van der Waals surface area contributed by atoms with Crippen molar-refractivity contribution in [2.45, 2.75) is 69.7 Å². The maximum Gasteiger partial charge on any atom is 0.317 e. The largest absolute Gasteiger partial charge is 0.480 e. The van der Waals surface area contributed by atoms with Crippen molar-refractivity contribution >= 4 is 12.0 Å². The van der Waals surface area contributed by atoms with Crippen molar-refractivity contribution in [1.82, 2.24) is 15.5 Å². The number of aliphatic carboxylic acids is 1. The predicted octanol–water partition coefficient (Wildman–Crippen LogP) is 1.18. The summed E-state index contributed by atoms with van der Waals surface area (Å²) in [5.41, 5.74) is -0.271. The number of nitrogens with zero attached hydrogens (tertiary/aromatic N) is 1. The Morgan fingerprint density at radius 3 is 2.62 bits per heavy atom. The summed E-state index contributed by atoms with van der Waals surface area (Å²) in [6.07, 6.45) is 5.02. The highest BCUT2D eigenvalue weighted by molar-refractivity contribution is 5.75. The van der Waals surface area contributed by atoms with Gasteiger partial charge in [-0.15, -0.1) is 0 Å². The molecule has 0 aromatic rings. The predicted molar refractivity (Wildman–Crippen MR) is 88.8 cm³/mol. The van der Waals surface area contributed by atoms with Crippen LogP contribution < -0.4 is 10.6 Å². The Hall–Kier alpha value is -1.34. The van der Waals surface area contributed by atoms with E-state index in [9.17, 15) is 9.59 Å². The molecule has 7 nitrogen and oxygen atoms in total. The SMILES string of the molecule is CCN(CC(=O)O)C1CC(NC(=O)NC2(C)CCOC2C2CC2)C1. The number of nitrogens with one attached hydrogen (secondary N) is 2. The number of hydrogen-bond acceptors (Lipinski definition) is 4. The number of likely N-dealkylation sites (N-methyl/N-ethyl adjacent to an activating group) is 1. The van der Waals surface area contributed by atoms with Crippen molar-refractivity contribution in [3.05, 3.63) is 0 Å². The van der Waals surface area contributed by atoms with Gasteiger partial charge in [-0.1, -0.05) is 6.92 Å². The van der Waals surface area contributed by atoms with Gasteiger partial charge in [-0.05, 0) is 51.5 Å². The molecule has 3 rings (SSSR count). The van der Waals surface area contributed by atoms with E-state index < -0.39 is 5.97 Å². The van der Waals surface area contributed by atoms with Crippen LogP contribution in [0.15, 0.2) is 0 Å². The van der Waals surface area contributed by atoms with E-state index in [1.807, 2.05) is 11.8 Å². The lowest BCUT2D eigenvalue weighted by Crippen LogP contribution is -2.60. The van der Waals surface area contributed by atoms with Crippen LogP contribution in [0.1, 0.15) is 46.0 Å². The Morgan fingerprint density at radius 2 is 2.04 bits per heavy atom. The van der Waals surface area contributed by atoms with E-state index >= 15 is 0 Å². The van der Waals surface area contributed by atoms with Gasteiger partial charge in [0.25, 0.3) is 0 Å². The van der Waals surface area contributed by atoms with Gasteiger partial charge in [-0.25, -0.2) is 4.79 Å². The van der Waals surface area contributed by atoms with E-state index in [2.05, 4.69) is 17.6 Å². The van der Waals surface area contributed by atoms with Crippen LogP contribution in [0.2, 0.25) is 0 Å². The Balaban J connectivity index is 1.43. The fourth-order valence-electron chi connectivity index (χ4n) is 4.07. The second-order valence-corrected chi connectivity index (χ2v) is 7.67. The standard InChI is InChI=1S/C17H29N3O4/c1-3-20(10-14(21)22)13-8-12(9-13)18-16(23)19-17(2)6-7-24-15(17)11-4-5-11/h11-13,15H,3-10H2,1-2H3,(H,21,22)(H2,18,19,23). The van der Waals surface area contributed by atoms with E-state index in [0.717, 1.165) is 19.3 Å². The van der Waals surface area contributed by atoms with E-state index in [1.54, 1.807) is 0 Å². The first kappa shape index (κ1) is 17.5. The second kappa shape index (κ2) is 6.88. The van der Waals surface area contributed by atoms with Crippen LogP contribution in [-0.2, 0) is 9.53 Å². The number of carboxylic acids is 1. The first-order chi connectivity index (χ1) is 11.4. The fourth-order valence-corrected chi connectivity index (χ4v) is 4.07. The highest BCUT2D eigenvalue weighted by Gasteiger charge is 2.49. The minimum Gasteiger partial charge on any atom is -0.480 e. The molecule has 0 aromatic carbocycles. The van der Waals surface area contributed by atoms with Gasteiger partial charge in [0.15, 0.2) is 0 Å². The van der Waals surface area contributed by atoms with E-state index in [1.165, 1.54) is 12.8 Å². The zero-order valence-electron chi connectivity index (χ0n) is 14.6. The molecule has 2 amide bonds. The molecular weight excluding hydrogens is 310 g/mol. The third-order valence-corrected chi connectivity index (χ3v) is 5.71. The van der Waals surface area contributed by atoms with Gasteiger partial charge in [-0.2, -0.15) is 0 Å². The van der Waals surface area contributed by atoms with Gasteiger partial charge in [0.2, 0.25) is 0 Å². The van der Waals surface area contributed by atoms with Gasteiger partial charge >= 0.3 is 12.0 Å². The minimum absolute atomic E-state index is 0.0680. The molecule has 2 unspecified atom stereocenters. The molecule has 7 heteroatoms. The van der Waals surface area contributed by atoms with Crippen molar-refractivity contribution in [3.8, 4) is 0 Å². The van der Waals surface area contributed by atoms with Crippen molar-refractivity contribution in [2.75, 3.05) is 19.7 Å². The summed E-state index contributed by atoms with van der Waals surface area (Å²) in [5.74, 6) is -0.203. The van der Waals surface area contributed by atoms with Crippen LogP contribution in [-0.4, -0.2) is 65.4 Å². The number of amides is 2. The van der Waals surface area contributed by atoms with E-state index in [-0.39, 0.29) is 36.3 Å². The molecule has 24 heavy (non-hydrogen) atoms. The summed E-state index contributed by atoms with van der Waals surface area (Å²) in [4.78, 5) is 25.1. The van der Waals surface area contributed by atoms with Crippen molar-refractivity contribution in [3.63, 3.8) is 0 Å². The third-order valence-electron chi connectivity index (χ3n) is 5.71. The summed E-state index contributed by atoms with van der Waals surface area (Å²) in [6, 6.07) is 0.252. The summed E-state index contributed by atoms with van der Waals surface area (Å²) in [5, 5.41) is 15.1. The van der Waals surface area contributed by atoms with E-state index in [4.69, 9.17) is 9.84 Å².